The summed E-state index contributed by atoms with van der Waals surface area (Å²) in [6.45, 7) is 6.62. The minimum absolute atomic E-state index is 0.0502. The molecule has 3 aliphatic rings. The Labute approximate surface area is 192 Å². The Bertz CT molecular complexity index is 1110. The number of rotatable bonds is 6. The molecule has 3 N–H and O–H groups in total. The largest absolute Gasteiger partial charge is 0.503 e. The van der Waals surface area contributed by atoms with Gasteiger partial charge in [-0.1, -0.05) is 11.6 Å². The highest BCUT2D eigenvalue weighted by atomic mass is 16.3. The molecule has 10 heteroatoms. The summed E-state index contributed by atoms with van der Waals surface area (Å²) in [6.07, 6.45) is 11.2. The van der Waals surface area contributed by atoms with Crippen LogP contribution >= 0.6 is 0 Å². The molecular weight excluding hydrogens is 424 g/mol. The fraction of sp³-hybridized carbons (Fsp3) is 0.522. The summed E-state index contributed by atoms with van der Waals surface area (Å²) < 4.78 is 1.45. The number of aliphatic hydroxyl groups is 1. The van der Waals surface area contributed by atoms with Crippen molar-refractivity contribution in [1.29, 1.82) is 0 Å². The standard InChI is InChI=1S/C23H30N6O4/c1-15-6-4-5-7-26-14-28(9-15)22(8-16-17(11-30)23(16,12-22)25-3)13-29-10-18(31)20(32)19(27-29)21(33)24-2/h4-5,7,9-10,16-17,30-31H,3,6,8,11-14H2,1-2H3,(H,24,33)/b5-4-,15-9-,26-7?/t16-,17?,22?,23+/m1/s1. The molecule has 0 aromatic carbocycles. The molecule has 1 aromatic rings. The second-order valence-electron chi connectivity index (χ2n) is 9.17. The number of nitrogens with zero attached hydrogens (tertiary/aromatic N) is 5. The van der Waals surface area contributed by atoms with Crippen molar-refractivity contribution >= 4 is 18.8 Å². The van der Waals surface area contributed by atoms with Gasteiger partial charge in [-0.05, 0) is 44.9 Å². The summed E-state index contributed by atoms with van der Waals surface area (Å²) in [5.74, 6) is -0.973. The predicted molar refractivity (Wildman–Crippen MR) is 125 cm³/mol. The molecule has 1 amide bonds. The number of nitrogens with one attached hydrogen (secondary N) is 1. The van der Waals surface area contributed by atoms with E-state index in [0.717, 1.165) is 12.0 Å². The highest BCUT2D eigenvalue weighted by molar-refractivity contribution is 5.92. The number of aromatic hydroxyl groups is 1. The van der Waals surface area contributed by atoms with E-state index in [9.17, 15) is 19.8 Å². The number of hydrogen-bond acceptors (Lipinski definition) is 8. The molecule has 10 nitrogen and oxygen atoms in total. The van der Waals surface area contributed by atoms with Crippen LogP contribution in [0.5, 0.6) is 5.75 Å². The first-order chi connectivity index (χ1) is 15.8. The Morgan fingerprint density at radius 3 is 2.91 bits per heavy atom. The van der Waals surface area contributed by atoms with Crippen molar-refractivity contribution < 1.29 is 15.0 Å². The average Bonchev–Trinajstić information content (AvgIpc) is 3.20. The lowest BCUT2D eigenvalue weighted by Crippen LogP contribution is -2.50. The molecule has 1 aromatic heterocycles. The molecule has 2 aliphatic carbocycles. The van der Waals surface area contributed by atoms with E-state index in [1.807, 2.05) is 12.2 Å². The number of aromatic nitrogens is 2. The molecule has 0 bridgehead atoms. The first-order valence-electron chi connectivity index (χ1n) is 11.0. The van der Waals surface area contributed by atoms with Gasteiger partial charge in [0.2, 0.25) is 0 Å². The van der Waals surface area contributed by atoms with E-state index < -0.39 is 28.2 Å². The molecule has 2 fully saturated rings. The topological polar surface area (TPSA) is 132 Å². The zero-order valence-electron chi connectivity index (χ0n) is 18.9. The van der Waals surface area contributed by atoms with Gasteiger partial charge in [0.25, 0.3) is 11.3 Å². The number of carbonyl (C=O) groups is 1. The molecule has 4 rings (SSSR count). The van der Waals surface area contributed by atoms with Crippen molar-refractivity contribution in [2.75, 3.05) is 20.3 Å². The molecule has 2 saturated carbocycles. The fourth-order valence-electron chi connectivity index (χ4n) is 5.51. The second kappa shape index (κ2) is 8.58. The third-order valence-electron chi connectivity index (χ3n) is 7.20. The zero-order valence-corrected chi connectivity index (χ0v) is 18.9. The SMILES string of the molecule is C=N[C@@]12CC(Cn3cc(O)c(=O)c(C(=O)NC)n3)(N3/C=C(/C)C/C=C\C=NC3)C[C@@H]1C2CO. The van der Waals surface area contributed by atoms with Crippen LogP contribution in [0.1, 0.15) is 36.7 Å². The van der Waals surface area contributed by atoms with Crippen LogP contribution < -0.4 is 10.7 Å². The Balaban J connectivity index is 1.77. The van der Waals surface area contributed by atoms with Gasteiger partial charge in [-0.25, -0.2) is 0 Å². The maximum Gasteiger partial charge on any atom is 0.275 e. The molecule has 4 atom stereocenters. The van der Waals surface area contributed by atoms with E-state index in [1.165, 1.54) is 17.9 Å². The third-order valence-corrected chi connectivity index (χ3v) is 7.20. The van der Waals surface area contributed by atoms with Gasteiger partial charge in [-0.15, -0.1) is 0 Å². The first kappa shape index (κ1) is 22.9. The van der Waals surface area contributed by atoms with Gasteiger partial charge < -0.3 is 20.4 Å². The summed E-state index contributed by atoms with van der Waals surface area (Å²) in [7, 11) is 1.40. The Morgan fingerprint density at radius 1 is 1.45 bits per heavy atom. The number of allylic oxidation sites excluding steroid dienone is 3. The smallest absolute Gasteiger partial charge is 0.275 e. The van der Waals surface area contributed by atoms with Crippen LogP contribution in [0.3, 0.4) is 0 Å². The second-order valence-corrected chi connectivity index (χ2v) is 9.17. The van der Waals surface area contributed by atoms with Crippen LogP contribution in [-0.2, 0) is 6.54 Å². The van der Waals surface area contributed by atoms with Crippen molar-refractivity contribution in [2.45, 2.75) is 43.8 Å². The summed E-state index contributed by atoms with van der Waals surface area (Å²) in [4.78, 5) is 35.6. The zero-order chi connectivity index (χ0) is 23.8. The molecular formula is C23H30N6O4. The Morgan fingerprint density at radius 2 is 2.24 bits per heavy atom. The number of aliphatic hydroxyl groups excluding tert-OH is 1. The van der Waals surface area contributed by atoms with Crippen LogP contribution in [-0.4, -0.2) is 75.1 Å². The molecule has 33 heavy (non-hydrogen) atoms. The lowest BCUT2D eigenvalue weighted by molar-refractivity contribution is 0.0900. The lowest BCUT2D eigenvalue weighted by Gasteiger charge is -2.43. The third kappa shape index (κ3) is 3.88. The number of amides is 1. The van der Waals surface area contributed by atoms with E-state index in [2.05, 4.69) is 45.1 Å². The van der Waals surface area contributed by atoms with Crippen molar-refractivity contribution in [3.05, 3.63) is 46.0 Å². The summed E-state index contributed by atoms with van der Waals surface area (Å²) in [5, 5.41) is 26.7. The summed E-state index contributed by atoms with van der Waals surface area (Å²) in [6, 6.07) is 0. The molecule has 1 aliphatic heterocycles. The number of carbonyl (C=O) groups excluding carboxylic acids is 1. The predicted octanol–water partition coefficient (Wildman–Crippen LogP) is 0.713. The molecule has 176 valence electrons. The molecule has 2 heterocycles. The van der Waals surface area contributed by atoms with Gasteiger partial charge in [0.1, 0.15) is 6.67 Å². The highest BCUT2D eigenvalue weighted by Crippen LogP contribution is 2.67. The van der Waals surface area contributed by atoms with Crippen LogP contribution in [0.4, 0.5) is 0 Å². The van der Waals surface area contributed by atoms with E-state index in [-0.39, 0.29) is 24.1 Å². The van der Waals surface area contributed by atoms with Gasteiger partial charge in [0.15, 0.2) is 11.4 Å². The van der Waals surface area contributed by atoms with Crippen molar-refractivity contribution in [2.24, 2.45) is 21.8 Å². The molecule has 0 spiro atoms. The van der Waals surface area contributed by atoms with Crippen LogP contribution in [0.2, 0.25) is 0 Å². The van der Waals surface area contributed by atoms with Crippen LogP contribution in [0, 0.1) is 11.8 Å². The van der Waals surface area contributed by atoms with Gasteiger partial charge in [-0.3, -0.25) is 24.3 Å². The van der Waals surface area contributed by atoms with E-state index in [0.29, 0.717) is 26.1 Å². The maximum absolute atomic E-state index is 12.3. The Kier molecular flexibility index (Phi) is 5.96. The number of fused-ring (bicyclic) bond motifs is 1. The van der Waals surface area contributed by atoms with E-state index >= 15 is 0 Å². The van der Waals surface area contributed by atoms with Gasteiger partial charge in [0.05, 0.1) is 23.8 Å². The van der Waals surface area contributed by atoms with Crippen molar-refractivity contribution in [3.63, 3.8) is 0 Å². The molecule has 0 saturated heterocycles. The monoisotopic (exact) mass is 454 g/mol. The molecule has 0 radical (unpaired) electrons. The van der Waals surface area contributed by atoms with Crippen molar-refractivity contribution in [1.82, 2.24) is 20.0 Å². The Hall–Kier alpha value is -3.27. The number of aliphatic imine (C=N–C) groups is 2. The number of hydrogen-bond donors (Lipinski definition) is 3. The van der Waals surface area contributed by atoms with Gasteiger partial charge in [0, 0.05) is 32.0 Å². The fourth-order valence-corrected chi connectivity index (χ4v) is 5.51. The minimum Gasteiger partial charge on any atom is -0.503 e. The van der Waals surface area contributed by atoms with Crippen molar-refractivity contribution in [3.8, 4) is 5.75 Å². The highest BCUT2D eigenvalue weighted by Gasteiger charge is 2.73. The lowest BCUT2D eigenvalue weighted by atomic mass is 9.87. The normalized spacial score (nSPS) is 33.2. The van der Waals surface area contributed by atoms with Crippen LogP contribution in [0.25, 0.3) is 0 Å². The molecule has 2 unspecified atom stereocenters. The van der Waals surface area contributed by atoms with Gasteiger partial charge >= 0.3 is 0 Å². The quantitative estimate of drug-likeness (QED) is 0.543. The van der Waals surface area contributed by atoms with Gasteiger partial charge in [-0.2, -0.15) is 5.10 Å². The van der Waals surface area contributed by atoms with E-state index in [1.54, 1.807) is 6.21 Å². The van der Waals surface area contributed by atoms with E-state index in [4.69, 9.17) is 0 Å². The first-order valence-corrected chi connectivity index (χ1v) is 11.0. The maximum atomic E-state index is 12.3. The van der Waals surface area contributed by atoms with Crippen LogP contribution in [0.15, 0.2) is 44.9 Å². The average molecular weight is 455 g/mol. The summed E-state index contributed by atoms with van der Waals surface area (Å²) >= 11 is 0. The minimum atomic E-state index is -0.812. The summed E-state index contributed by atoms with van der Waals surface area (Å²) in [5.41, 5.74) is -0.972.